The summed E-state index contributed by atoms with van der Waals surface area (Å²) in [6.07, 6.45) is 2.63. The lowest BCUT2D eigenvalue weighted by Gasteiger charge is -2.22. The summed E-state index contributed by atoms with van der Waals surface area (Å²) in [4.78, 5) is 22.9. The number of amides is 1. The summed E-state index contributed by atoms with van der Waals surface area (Å²) in [5, 5.41) is 14.8. The van der Waals surface area contributed by atoms with E-state index in [1.54, 1.807) is 0 Å². The third-order valence-corrected chi connectivity index (χ3v) is 6.32. The highest BCUT2D eigenvalue weighted by molar-refractivity contribution is 5.93. The molecule has 0 aliphatic heterocycles. The molecule has 0 atom stereocenters. The van der Waals surface area contributed by atoms with Crippen LogP contribution in [0.15, 0.2) is 60.7 Å². The molecule has 5 nitrogen and oxygen atoms in total. The lowest BCUT2D eigenvalue weighted by Crippen LogP contribution is -2.20. The molecular weight excluding hydrogens is 422 g/mol. The topological polar surface area (TPSA) is 75.1 Å². The molecule has 0 unspecified atom stereocenters. The number of aryl methyl sites for hydroxylation is 2. The van der Waals surface area contributed by atoms with Crippen LogP contribution in [0.25, 0.3) is 22.0 Å². The Kier molecular flexibility index (Phi) is 6.12. The summed E-state index contributed by atoms with van der Waals surface area (Å²) in [5.41, 5.74) is 6.78. The predicted molar refractivity (Wildman–Crippen MR) is 136 cm³/mol. The number of nitrogens with one attached hydrogen (secondary N) is 1. The van der Waals surface area contributed by atoms with Gasteiger partial charge in [0.1, 0.15) is 0 Å². The van der Waals surface area contributed by atoms with Gasteiger partial charge in [-0.1, -0.05) is 74.5 Å². The van der Waals surface area contributed by atoms with Gasteiger partial charge in [0.15, 0.2) is 5.82 Å². The van der Waals surface area contributed by atoms with E-state index in [9.17, 15) is 9.90 Å². The standard InChI is InChI=1S/C29H29N3O2/c1-18(2)13-26-29(32-27(34)16-19-7-9-21-5-3-4-6-22(21)14-19)31-25-12-10-23-15-20(17-33)8-11-24(23)28(25)30-26/h3-9,11,14-15,18,33H,10,12-13,16-17H2,1-2H3,(H,31,32,34). The molecule has 1 aliphatic carbocycles. The van der Waals surface area contributed by atoms with Gasteiger partial charge in [-0.05, 0) is 52.6 Å². The van der Waals surface area contributed by atoms with E-state index < -0.39 is 0 Å². The van der Waals surface area contributed by atoms with Gasteiger partial charge in [-0.2, -0.15) is 0 Å². The molecule has 5 rings (SSSR count). The summed E-state index contributed by atoms with van der Waals surface area (Å²) in [7, 11) is 0. The molecule has 4 aromatic rings. The monoisotopic (exact) mass is 451 g/mol. The second-order valence-electron chi connectivity index (χ2n) is 9.47. The first kappa shape index (κ1) is 22.2. The molecule has 172 valence electrons. The number of benzene rings is 3. The smallest absolute Gasteiger partial charge is 0.229 e. The van der Waals surface area contributed by atoms with Crippen LogP contribution < -0.4 is 5.32 Å². The van der Waals surface area contributed by atoms with E-state index in [0.717, 1.165) is 63.8 Å². The Morgan fingerprint density at radius 3 is 2.56 bits per heavy atom. The highest BCUT2D eigenvalue weighted by Gasteiger charge is 2.23. The Morgan fingerprint density at radius 1 is 0.971 bits per heavy atom. The number of aromatic nitrogens is 2. The minimum atomic E-state index is -0.0849. The quantitative estimate of drug-likeness (QED) is 0.419. The van der Waals surface area contributed by atoms with E-state index in [0.29, 0.717) is 11.7 Å². The molecule has 0 saturated heterocycles. The normalized spacial score (nSPS) is 12.5. The molecule has 1 amide bonds. The maximum absolute atomic E-state index is 13.0. The van der Waals surface area contributed by atoms with Gasteiger partial charge in [-0.3, -0.25) is 4.79 Å². The van der Waals surface area contributed by atoms with E-state index in [2.05, 4.69) is 49.5 Å². The van der Waals surface area contributed by atoms with E-state index in [4.69, 9.17) is 9.97 Å². The number of rotatable bonds is 6. The summed E-state index contributed by atoms with van der Waals surface area (Å²) in [5.74, 6) is 0.871. The number of anilines is 1. The predicted octanol–water partition coefficient (Wildman–Crippen LogP) is 5.27. The van der Waals surface area contributed by atoms with Crippen LogP contribution in [0.5, 0.6) is 0 Å². The van der Waals surface area contributed by atoms with E-state index in [1.165, 1.54) is 5.56 Å². The maximum Gasteiger partial charge on any atom is 0.229 e. The van der Waals surface area contributed by atoms with Crippen molar-refractivity contribution in [3.05, 3.63) is 88.7 Å². The van der Waals surface area contributed by atoms with Crippen LogP contribution in [0.4, 0.5) is 5.82 Å². The third kappa shape index (κ3) is 4.57. The number of carbonyl (C=O) groups is 1. The average molecular weight is 452 g/mol. The molecule has 1 aromatic heterocycles. The lowest BCUT2D eigenvalue weighted by atomic mass is 9.90. The number of aliphatic hydroxyl groups is 1. The fraction of sp³-hybridized carbons (Fsp3) is 0.276. The molecule has 0 saturated carbocycles. The van der Waals surface area contributed by atoms with Crippen molar-refractivity contribution >= 4 is 22.5 Å². The van der Waals surface area contributed by atoms with Crippen LogP contribution in [-0.2, 0) is 37.1 Å². The van der Waals surface area contributed by atoms with Crippen molar-refractivity contribution < 1.29 is 9.90 Å². The molecule has 5 heteroatoms. The van der Waals surface area contributed by atoms with Gasteiger partial charge in [-0.25, -0.2) is 9.97 Å². The zero-order chi connectivity index (χ0) is 23.7. The SMILES string of the molecule is CC(C)Cc1nc2c(nc1NC(=O)Cc1ccc3ccccc3c1)CCc1cc(CO)ccc1-2. The number of hydrogen-bond acceptors (Lipinski definition) is 4. The van der Waals surface area contributed by atoms with Crippen LogP contribution >= 0.6 is 0 Å². The van der Waals surface area contributed by atoms with Crippen molar-refractivity contribution in [1.29, 1.82) is 0 Å². The zero-order valence-corrected chi connectivity index (χ0v) is 19.6. The van der Waals surface area contributed by atoms with Crippen molar-refractivity contribution in [3.8, 4) is 11.3 Å². The number of nitrogens with zero attached hydrogens (tertiary/aromatic N) is 2. The van der Waals surface area contributed by atoms with Crippen LogP contribution in [0.1, 0.15) is 41.9 Å². The first-order valence-electron chi connectivity index (χ1n) is 11.9. The summed E-state index contributed by atoms with van der Waals surface area (Å²) < 4.78 is 0. The molecule has 0 bridgehead atoms. The highest BCUT2D eigenvalue weighted by atomic mass is 16.3. The third-order valence-electron chi connectivity index (χ3n) is 6.32. The van der Waals surface area contributed by atoms with Crippen molar-refractivity contribution in [2.45, 2.75) is 46.1 Å². The second-order valence-corrected chi connectivity index (χ2v) is 9.47. The molecule has 0 radical (unpaired) electrons. The zero-order valence-electron chi connectivity index (χ0n) is 19.6. The first-order chi connectivity index (χ1) is 16.5. The Hall–Kier alpha value is -3.57. The van der Waals surface area contributed by atoms with Gasteiger partial charge >= 0.3 is 0 Å². The summed E-state index contributed by atoms with van der Waals surface area (Å²) in [6, 6.07) is 20.3. The Labute approximate surface area is 199 Å². The molecule has 34 heavy (non-hydrogen) atoms. The summed E-state index contributed by atoms with van der Waals surface area (Å²) in [6.45, 7) is 4.32. The van der Waals surface area contributed by atoms with E-state index >= 15 is 0 Å². The van der Waals surface area contributed by atoms with Crippen molar-refractivity contribution in [3.63, 3.8) is 0 Å². The van der Waals surface area contributed by atoms with Gasteiger partial charge in [0.05, 0.1) is 30.1 Å². The molecule has 2 N–H and O–H groups in total. The van der Waals surface area contributed by atoms with Crippen LogP contribution in [-0.4, -0.2) is 21.0 Å². The van der Waals surface area contributed by atoms with Crippen molar-refractivity contribution in [2.24, 2.45) is 5.92 Å². The number of fused-ring (bicyclic) bond motifs is 4. The fourth-order valence-electron chi connectivity index (χ4n) is 4.67. The molecule has 1 aliphatic rings. The summed E-state index contributed by atoms with van der Waals surface area (Å²) >= 11 is 0. The molecular formula is C29H29N3O2. The Balaban J connectivity index is 1.44. The minimum absolute atomic E-state index is 0.0343. The van der Waals surface area contributed by atoms with E-state index in [-0.39, 0.29) is 18.9 Å². The van der Waals surface area contributed by atoms with Crippen LogP contribution in [0, 0.1) is 5.92 Å². The largest absolute Gasteiger partial charge is 0.392 e. The van der Waals surface area contributed by atoms with Gasteiger partial charge in [0.2, 0.25) is 5.91 Å². The Morgan fingerprint density at radius 2 is 1.76 bits per heavy atom. The van der Waals surface area contributed by atoms with E-state index in [1.807, 2.05) is 30.3 Å². The number of aliphatic hydroxyl groups excluding tert-OH is 1. The fourth-order valence-corrected chi connectivity index (χ4v) is 4.67. The first-order valence-corrected chi connectivity index (χ1v) is 11.9. The van der Waals surface area contributed by atoms with Crippen molar-refractivity contribution in [1.82, 2.24) is 9.97 Å². The molecule has 0 fully saturated rings. The lowest BCUT2D eigenvalue weighted by molar-refractivity contribution is -0.115. The number of carbonyl (C=O) groups excluding carboxylic acids is 1. The Bertz CT molecular complexity index is 1380. The van der Waals surface area contributed by atoms with Crippen molar-refractivity contribution in [2.75, 3.05) is 5.32 Å². The minimum Gasteiger partial charge on any atom is -0.392 e. The van der Waals surface area contributed by atoms with Crippen LogP contribution in [0.3, 0.4) is 0 Å². The molecule has 1 heterocycles. The molecule has 3 aromatic carbocycles. The average Bonchev–Trinajstić information content (AvgIpc) is 2.83. The van der Waals surface area contributed by atoms with Gasteiger partial charge in [0, 0.05) is 5.56 Å². The second kappa shape index (κ2) is 9.35. The number of hydrogen-bond donors (Lipinski definition) is 2. The van der Waals surface area contributed by atoms with Gasteiger partial charge in [-0.15, -0.1) is 0 Å². The van der Waals surface area contributed by atoms with Gasteiger partial charge in [0.25, 0.3) is 0 Å². The van der Waals surface area contributed by atoms with Gasteiger partial charge < -0.3 is 10.4 Å². The molecule has 0 spiro atoms. The van der Waals surface area contributed by atoms with Crippen LogP contribution in [0.2, 0.25) is 0 Å². The maximum atomic E-state index is 13.0. The highest BCUT2D eigenvalue weighted by Crippen LogP contribution is 2.34.